The predicted molar refractivity (Wildman–Crippen MR) is 108 cm³/mol. The van der Waals surface area contributed by atoms with E-state index in [4.69, 9.17) is 0 Å². The molecule has 0 saturated heterocycles. The summed E-state index contributed by atoms with van der Waals surface area (Å²) in [5.41, 5.74) is 0.870. The molecule has 0 saturated carbocycles. The van der Waals surface area contributed by atoms with Gasteiger partial charge in [0.15, 0.2) is 11.6 Å². The Morgan fingerprint density at radius 3 is 2.77 bits per heavy atom. The molecule has 0 unspecified atom stereocenters. The fourth-order valence-corrected chi connectivity index (χ4v) is 3.32. The normalized spacial score (nSPS) is 11.7. The maximum Gasteiger partial charge on any atom is 0.191 e. The monoisotopic (exact) mass is 368 g/mol. The van der Waals surface area contributed by atoms with Gasteiger partial charge in [0.05, 0.1) is 0 Å². The lowest BCUT2D eigenvalue weighted by molar-refractivity contribution is 0.810. The van der Waals surface area contributed by atoms with Crippen molar-refractivity contribution in [3.8, 4) is 0 Å². The second kappa shape index (κ2) is 9.82. The first-order valence-electron chi connectivity index (χ1n) is 8.85. The van der Waals surface area contributed by atoms with Crippen molar-refractivity contribution in [2.24, 2.45) is 4.99 Å². The standard InChI is InChI=1S/C19H24N6S/c1-2-20-19(22-13-15-26-16-8-4-3-5-9-16)21-12-11-18-24-23-17-10-6-7-14-25(17)18/h3-10,14H,2,11-13,15H2,1H3,(H2,20,21,22). The molecule has 0 spiro atoms. The van der Waals surface area contributed by atoms with Gasteiger partial charge in [-0.05, 0) is 31.2 Å². The van der Waals surface area contributed by atoms with E-state index in [1.54, 1.807) is 0 Å². The third-order valence-corrected chi connectivity index (χ3v) is 4.75. The molecule has 3 rings (SSSR count). The Morgan fingerprint density at radius 1 is 1.08 bits per heavy atom. The SMILES string of the molecule is CCNC(=NCCc1nnc2ccccn12)NCCSc1ccccc1. The van der Waals surface area contributed by atoms with Crippen molar-refractivity contribution in [1.29, 1.82) is 0 Å². The number of aromatic nitrogens is 3. The predicted octanol–water partition coefficient (Wildman–Crippen LogP) is 2.62. The van der Waals surface area contributed by atoms with Crippen LogP contribution in [0, 0.1) is 0 Å². The van der Waals surface area contributed by atoms with Crippen LogP contribution in [-0.2, 0) is 6.42 Å². The molecular formula is C19H24N6S. The fraction of sp³-hybridized carbons (Fsp3) is 0.316. The summed E-state index contributed by atoms with van der Waals surface area (Å²) >= 11 is 1.84. The van der Waals surface area contributed by atoms with Crippen LogP contribution in [0.1, 0.15) is 12.7 Å². The smallest absolute Gasteiger partial charge is 0.191 e. The molecule has 6 nitrogen and oxygen atoms in total. The summed E-state index contributed by atoms with van der Waals surface area (Å²) in [6, 6.07) is 16.3. The van der Waals surface area contributed by atoms with Crippen molar-refractivity contribution in [2.45, 2.75) is 18.2 Å². The number of thioether (sulfide) groups is 1. The van der Waals surface area contributed by atoms with Crippen LogP contribution in [0.2, 0.25) is 0 Å². The highest BCUT2D eigenvalue weighted by Gasteiger charge is 2.04. The van der Waals surface area contributed by atoms with Gasteiger partial charge >= 0.3 is 0 Å². The van der Waals surface area contributed by atoms with Gasteiger partial charge in [0.25, 0.3) is 0 Å². The average molecular weight is 369 g/mol. The molecule has 0 fully saturated rings. The second-order valence-electron chi connectivity index (χ2n) is 5.64. The Balaban J connectivity index is 1.47. The molecule has 3 aromatic rings. The van der Waals surface area contributed by atoms with Crippen LogP contribution in [-0.4, -0.2) is 45.9 Å². The lowest BCUT2D eigenvalue weighted by Gasteiger charge is -2.11. The van der Waals surface area contributed by atoms with Crippen molar-refractivity contribution in [3.05, 3.63) is 60.6 Å². The summed E-state index contributed by atoms with van der Waals surface area (Å²) < 4.78 is 2.01. The summed E-state index contributed by atoms with van der Waals surface area (Å²) in [7, 11) is 0. The maximum atomic E-state index is 4.64. The quantitative estimate of drug-likeness (QED) is 0.277. The largest absolute Gasteiger partial charge is 0.357 e. The molecule has 26 heavy (non-hydrogen) atoms. The maximum absolute atomic E-state index is 4.64. The van der Waals surface area contributed by atoms with Crippen LogP contribution in [0.25, 0.3) is 5.65 Å². The first-order valence-corrected chi connectivity index (χ1v) is 9.84. The minimum Gasteiger partial charge on any atom is -0.357 e. The number of fused-ring (bicyclic) bond motifs is 1. The number of nitrogens with zero attached hydrogens (tertiary/aromatic N) is 4. The number of hydrogen-bond donors (Lipinski definition) is 2. The number of nitrogens with one attached hydrogen (secondary N) is 2. The summed E-state index contributed by atoms with van der Waals surface area (Å²) in [4.78, 5) is 5.93. The number of benzene rings is 1. The van der Waals surface area contributed by atoms with Crippen molar-refractivity contribution in [3.63, 3.8) is 0 Å². The lowest BCUT2D eigenvalue weighted by atomic mass is 10.4. The number of guanidine groups is 1. The summed E-state index contributed by atoms with van der Waals surface area (Å²) in [5.74, 6) is 2.76. The van der Waals surface area contributed by atoms with Crippen LogP contribution in [0.3, 0.4) is 0 Å². The third kappa shape index (κ3) is 5.23. The van der Waals surface area contributed by atoms with Crippen LogP contribution < -0.4 is 10.6 Å². The van der Waals surface area contributed by atoms with Gasteiger partial charge in [-0.15, -0.1) is 22.0 Å². The van der Waals surface area contributed by atoms with Crippen LogP contribution >= 0.6 is 11.8 Å². The van der Waals surface area contributed by atoms with Gasteiger partial charge in [0.2, 0.25) is 0 Å². The average Bonchev–Trinajstić information content (AvgIpc) is 3.09. The minimum atomic E-state index is 0.664. The van der Waals surface area contributed by atoms with Crippen molar-refractivity contribution in [2.75, 3.05) is 25.4 Å². The number of aliphatic imine (C=N–C) groups is 1. The molecule has 2 N–H and O–H groups in total. The second-order valence-corrected chi connectivity index (χ2v) is 6.81. The Labute approximate surface area is 158 Å². The van der Waals surface area contributed by atoms with Gasteiger partial charge in [-0.2, -0.15) is 0 Å². The van der Waals surface area contributed by atoms with Crippen LogP contribution in [0.5, 0.6) is 0 Å². The first-order chi connectivity index (χ1) is 12.9. The third-order valence-electron chi connectivity index (χ3n) is 3.74. The summed E-state index contributed by atoms with van der Waals surface area (Å²) in [5, 5.41) is 15.1. The highest BCUT2D eigenvalue weighted by Crippen LogP contribution is 2.15. The molecule has 7 heteroatoms. The molecule has 0 radical (unpaired) electrons. The van der Waals surface area contributed by atoms with Gasteiger partial charge in [-0.25, -0.2) is 0 Å². The molecule has 136 valence electrons. The number of pyridine rings is 1. The van der Waals surface area contributed by atoms with Gasteiger partial charge < -0.3 is 10.6 Å². The van der Waals surface area contributed by atoms with E-state index >= 15 is 0 Å². The fourth-order valence-electron chi connectivity index (χ4n) is 2.53. The molecule has 0 amide bonds. The van der Waals surface area contributed by atoms with E-state index in [9.17, 15) is 0 Å². The van der Waals surface area contributed by atoms with Crippen molar-refractivity contribution < 1.29 is 0 Å². The zero-order valence-corrected chi connectivity index (χ0v) is 15.7. The van der Waals surface area contributed by atoms with E-state index in [1.807, 2.05) is 46.6 Å². The van der Waals surface area contributed by atoms with Crippen molar-refractivity contribution in [1.82, 2.24) is 25.2 Å². The molecule has 2 aromatic heterocycles. The van der Waals surface area contributed by atoms with Gasteiger partial charge in [0, 0.05) is 42.9 Å². The highest BCUT2D eigenvalue weighted by atomic mass is 32.2. The zero-order valence-electron chi connectivity index (χ0n) is 14.9. The molecule has 0 bridgehead atoms. The zero-order chi connectivity index (χ0) is 18.0. The van der Waals surface area contributed by atoms with Gasteiger partial charge in [-0.1, -0.05) is 24.3 Å². The Kier molecular flexibility index (Phi) is 6.89. The Bertz CT molecular complexity index is 830. The molecule has 0 aliphatic heterocycles. The van der Waals surface area contributed by atoms with E-state index in [0.29, 0.717) is 6.54 Å². The molecule has 0 aliphatic carbocycles. The lowest BCUT2D eigenvalue weighted by Crippen LogP contribution is -2.38. The Morgan fingerprint density at radius 2 is 1.92 bits per heavy atom. The Hall–Kier alpha value is -2.54. The van der Waals surface area contributed by atoms with Crippen LogP contribution in [0.4, 0.5) is 0 Å². The molecule has 1 aromatic carbocycles. The molecule has 0 atom stereocenters. The number of hydrogen-bond acceptors (Lipinski definition) is 4. The molecule has 0 aliphatic rings. The van der Waals surface area contributed by atoms with Gasteiger partial charge in [0.1, 0.15) is 5.82 Å². The van der Waals surface area contributed by atoms with E-state index < -0.39 is 0 Å². The first kappa shape index (κ1) is 18.3. The van der Waals surface area contributed by atoms with Gasteiger partial charge in [-0.3, -0.25) is 9.39 Å². The van der Waals surface area contributed by atoms with Crippen LogP contribution in [0.15, 0.2) is 64.6 Å². The summed E-state index contributed by atoms with van der Waals surface area (Å²) in [6.45, 7) is 4.43. The highest BCUT2D eigenvalue weighted by molar-refractivity contribution is 7.99. The van der Waals surface area contributed by atoms with E-state index in [-0.39, 0.29) is 0 Å². The van der Waals surface area contributed by atoms with E-state index in [1.165, 1.54) is 4.90 Å². The number of rotatable bonds is 8. The topological polar surface area (TPSA) is 66.6 Å². The van der Waals surface area contributed by atoms with Crippen molar-refractivity contribution >= 4 is 23.4 Å². The molecular weight excluding hydrogens is 344 g/mol. The summed E-state index contributed by atoms with van der Waals surface area (Å²) in [6.07, 6.45) is 2.74. The van der Waals surface area contributed by atoms with E-state index in [2.05, 4.69) is 57.0 Å². The minimum absolute atomic E-state index is 0.664. The van der Waals surface area contributed by atoms with E-state index in [0.717, 1.165) is 42.7 Å². The molecule has 2 heterocycles.